The van der Waals surface area contributed by atoms with Gasteiger partial charge in [0.25, 0.3) is 0 Å². The molecular formula is C10H11N3S2. The molecule has 0 fully saturated rings. The first kappa shape index (κ1) is 10.4. The SMILES string of the molecule is CCc1nsc(Sc2cccc(N)c2)n1. The van der Waals surface area contributed by atoms with Gasteiger partial charge >= 0.3 is 0 Å². The molecule has 0 aliphatic heterocycles. The lowest BCUT2D eigenvalue weighted by Gasteiger charge is -1.97. The maximum Gasteiger partial charge on any atom is 0.174 e. The number of nitrogens with two attached hydrogens (primary N) is 1. The van der Waals surface area contributed by atoms with E-state index in [1.807, 2.05) is 24.3 Å². The van der Waals surface area contributed by atoms with Crippen molar-refractivity contribution in [3.8, 4) is 0 Å². The summed E-state index contributed by atoms with van der Waals surface area (Å²) < 4.78 is 5.20. The fourth-order valence-electron chi connectivity index (χ4n) is 1.10. The van der Waals surface area contributed by atoms with E-state index in [9.17, 15) is 0 Å². The van der Waals surface area contributed by atoms with Gasteiger partial charge in [0.1, 0.15) is 5.82 Å². The second kappa shape index (κ2) is 4.63. The van der Waals surface area contributed by atoms with Crippen LogP contribution >= 0.6 is 23.3 Å². The van der Waals surface area contributed by atoms with Gasteiger partial charge in [-0.1, -0.05) is 24.8 Å². The number of benzene rings is 1. The first-order valence-corrected chi connectivity index (χ1v) is 6.23. The lowest BCUT2D eigenvalue weighted by Crippen LogP contribution is -1.84. The van der Waals surface area contributed by atoms with Gasteiger partial charge in [0.2, 0.25) is 0 Å². The number of anilines is 1. The van der Waals surface area contributed by atoms with Crippen LogP contribution in [0.15, 0.2) is 33.5 Å². The van der Waals surface area contributed by atoms with Gasteiger partial charge in [0.15, 0.2) is 4.34 Å². The van der Waals surface area contributed by atoms with E-state index in [1.54, 1.807) is 11.8 Å². The molecule has 0 unspecified atom stereocenters. The van der Waals surface area contributed by atoms with E-state index in [0.29, 0.717) is 0 Å². The van der Waals surface area contributed by atoms with Crippen LogP contribution in [0.1, 0.15) is 12.7 Å². The Hall–Kier alpha value is -1.07. The van der Waals surface area contributed by atoms with Crippen LogP contribution < -0.4 is 5.73 Å². The van der Waals surface area contributed by atoms with E-state index in [0.717, 1.165) is 27.2 Å². The Balaban J connectivity index is 2.14. The molecule has 0 aliphatic rings. The maximum atomic E-state index is 5.70. The van der Waals surface area contributed by atoms with E-state index in [1.165, 1.54) is 11.5 Å². The summed E-state index contributed by atoms with van der Waals surface area (Å²) in [5.74, 6) is 0.909. The molecule has 2 N–H and O–H groups in total. The summed E-state index contributed by atoms with van der Waals surface area (Å²) in [6, 6.07) is 7.78. The molecule has 0 bridgehead atoms. The predicted octanol–water partition coefficient (Wildman–Crippen LogP) is 2.83. The first-order valence-electron chi connectivity index (χ1n) is 4.64. The van der Waals surface area contributed by atoms with E-state index >= 15 is 0 Å². The Labute approximate surface area is 96.9 Å². The summed E-state index contributed by atoms with van der Waals surface area (Å²) >= 11 is 3.04. The highest BCUT2D eigenvalue weighted by Crippen LogP contribution is 2.29. The number of nitrogen functional groups attached to an aromatic ring is 1. The molecular weight excluding hydrogens is 226 g/mol. The van der Waals surface area contributed by atoms with E-state index in [2.05, 4.69) is 16.3 Å². The predicted molar refractivity (Wildman–Crippen MR) is 64.3 cm³/mol. The zero-order valence-electron chi connectivity index (χ0n) is 8.30. The molecule has 2 aromatic rings. The third kappa shape index (κ3) is 2.70. The van der Waals surface area contributed by atoms with Crippen LogP contribution in [0.25, 0.3) is 0 Å². The fraction of sp³-hybridized carbons (Fsp3) is 0.200. The van der Waals surface area contributed by atoms with Crippen molar-refractivity contribution in [3.63, 3.8) is 0 Å². The van der Waals surface area contributed by atoms with Crippen LogP contribution in [-0.4, -0.2) is 9.36 Å². The Morgan fingerprint density at radius 3 is 3.00 bits per heavy atom. The third-order valence-electron chi connectivity index (χ3n) is 1.83. The monoisotopic (exact) mass is 237 g/mol. The van der Waals surface area contributed by atoms with Crippen molar-refractivity contribution in [2.45, 2.75) is 22.6 Å². The van der Waals surface area contributed by atoms with Crippen molar-refractivity contribution in [2.24, 2.45) is 0 Å². The van der Waals surface area contributed by atoms with Crippen molar-refractivity contribution < 1.29 is 0 Å². The van der Waals surface area contributed by atoms with Crippen LogP contribution in [0, 0.1) is 0 Å². The molecule has 15 heavy (non-hydrogen) atoms. The fourth-order valence-corrected chi connectivity index (χ4v) is 2.85. The summed E-state index contributed by atoms with van der Waals surface area (Å²) in [6.07, 6.45) is 0.883. The molecule has 5 heteroatoms. The van der Waals surface area contributed by atoms with Gasteiger partial charge in [0, 0.05) is 17.0 Å². The Morgan fingerprint density at radius 2 is 2.33 bits per heavy atom. The Kier molecular flexibility index (Phi) is 3.23. The van der Waals surface area contributed by atoms with Crippen LogP contribution in [0.2, 0.25) is 0 Å². The number of aromatic nitrogens is 2. The van der Waals surface area contributed by atoms with Crippen LogP contribution in [0.3, 0.4) is 0 Å². The minimum Gasteiger partial charge on any atom is -0.399 e. The van der Waals surface area contributed by atoms with Gasteiger partial charge < -0.3 is 5.73 Å². The van der Waals surface area contributed by atoms with Gasteiger partial charge in [-0.2, -0.15) is 4.37 Å². The zero-order valence-corrected chi connectivity index (χ0v) is 9.94. The quantitative estimate of drug-likeness (QED) is 0.834. The minimum atomic E-state index is 0.778. The number of nitrogens with zero attached hydrogens (tertiary/aromatic N) is 2. The highest BCUT2D eigenvalue weighted by Gasteiger charge is 2.04. The summed E-state index contributed by atoms with van der Waals surface area (Å²) in [4.78, 5) is 5.49. The average Bonchev–Trinajstić information content (AvgIpc) is 2.65. The molecule has 3 nitrogen and oxygen atoms in total. The summed E-state index contributed by atoms with van der Waals surface area (Å²) in [5.41, 5.74) is 6.48. The zero-order chi connectivity index (χ0) is 10.7. The molecule has 0 spiro atoms. The molecule has 2 rings (SSSR count). The van der Waals surface area contributed by atoms with Crippen LogP contribution in [0.4, 0.5) is 5.69 Å². The average molecular weight is 237 g/mol. The lowest BCUT2D eigenvalue weighted by atomic mass is 10.3. The summed E-state index contributed by atoms with van der Waals surface area (Å²) in [5, 5.41) is 0. The molecule has 0 atom stereocenters. The molecule has 78 valence electrons. The number of hydrogen-bond acceptors (Lipinski definition) is 5. The topological polar surface area (TPSA) is 51.8 Å². The molecule has 1 aromatic carbocycles. The third-order valence-corrected chi connectivity index (χ3v) is 3.61. The van der Waals surface area contributed by atoms with Crippen molar-refractivity contribution in [1.82, 2.24) is 9.36 Å². The molecule has 0 radical (unpaired) electrons. The van der Waals surface area contributed by atoms with Crippen LogP contribution in [-0.2, 0) is 6.42 Å². The van der Waals surface area contributed by atoms with E-state index in [4.69, 9.17) is 5.73 Å². The highest BCUT2D eigenvalue weighted by atomic mass is 32.2. The first-order chi connectivity index (χ1) is 7.28. The smallest absolute Gasteiger partial charge is 0.174 e. The molecule has 0 saturated heterocycles. The number of rotatable bonds is 3. The Morgan fingerprint density at radius 1 is 1.47 bits per heavy atom. The maximum absolute atomic E-state index is 5.70. The Bertz CT molecular complexity index is 453. The standard InChI is InChI=1S/C10H11N3S2/c1-2-9-12-10(15-13-9)14-8-5-3-4-7(11)6-8/h3-6H,2,11H2,1H3. The van der Waals surface area contributed by atoms with Gasteiger partial charge in [-0.25, -0.2) is 4.98 Å². The normalized spacial score (nSPS) is 10.5. The molecule has 0 amide bonds. The van der Waals surface area contributed by atoms with E-state index in [-0.39, 0.29) is 0 Å². The lowest BCUT2D eigenvalue weighted by molar-refractivity contribution is 0.971. The summed E-state index contributed by atoms with van der Waals surface area (Å²) in [7, 11) is 0. The van der Waals surface area contributed by atoms with Crippen molar-refractivity contribution >= 4 is 29.0 Å². The van der Waals surface area contributed by atoms with Gasteiger partial charge in [0.05, 0.1) is 0 Å². The largest absolute Gasteiger partial charge is 0.399 e. The van der Waals surface area contributed by atoms with Gasteiger partial charge in [-0.15, -0.1) is 0 Å². The molecule has 0 aliphatic carbocycles. The molecule has 1 heterocycles. The van der Waals surface area contributed by atoms with E-state index < -0.39 is 0 Å². The van der Waals surface area contributed by atoms with Crippen LogP contribution in [0.5, 0.6) is 0 Å². The highest BCUT2D eigenvalue weighted by molar-refractivity contribution is 8.01. The molecule has 0 saturated carbocycles. The van der Waals surface area contributed by atoms with Crippen molar-refractivity contribution in [3.05, 3.63) is 30.1 Å². The summed E-state index contributed by atoms with van der Waals surface area (Å²) in [6.45, 7) is 2.05. The van der Waals surface area contributed by atoms with Gasteiger partial charge in [-0.05, 0) is 29.7 Å². The van der Waals surface area contributed by atoms with Crippen molar-refractivity contribution in [1.29, 1.82) is 0 Å². The minimum absolute atomic E-state index is 0.778. The second-order valence-corrected chi connectivity index (χ2v) is 5.08. The van der Waals surface area contributed by atoms with Gasteiger partial charge in [-0.3, -0.25) is 0 Å². The number of hydrogen-bond donors (Lipinski definition) is 1. The molecule has 1 aromatic heterocycles. The number of aryl methyl sites for hydroxylation is 1. The second-order valence-electron chi connectivity index (χ2n) is 3.00. The van der Waals surface area contributed by atoms with Crippen molar-refractivity contribution in [2.75, 3.05) is 5.73 Å².